The Morgan fingerprint density at radius 1 is 1.00 bits per heavy atom. The third-order valence-corrected chi connectivity index (χ3v) is 0. The van der Waals surface area contributed by atoms with Crippen LogP contribution in [0.25, 0.3) is 0 Å². The Morgan fingerprint density at radius 2 is 1.00 bits per heavy atom. The van der Waals surface area contributed by atoms with Crippen LogP contribution in [0, 0.1) is 0 Å². The third kappa shape index (κ3) is 710. The van der Waals surface area contributed by atoms with E-state index in [-0.39, 0.29) is 22.4 Å². The third-order valence-electron chi connectivity index (χ3n) is 0. The van der Waals surface area contributed by atoms with E-state index < -0.39 is 10.4 Å². The molecule has 4 N–H and O–H groups in total. The fraction of sp³-hybridized carbons (Fsp3) is 0. The zero-order valence-corrected chi connectivity index (χ0v) is 5.61. The first-order chi connectivity index (χ1) is 3.00. The van der Waals surface area contributed by atoms with E-state index >= 15 is 0 Å². The predicted octanol–water partition coefficient (Wildman–Crippen LogP) is -0.638. The zero-order valence-electron chi connectivity index (χ0n) is 3.32. The molecule has 0 heterocycles. The molecule has 1 radical (unpaired) electrons. The molecular formula is H4AgO6S. The van der Waals surface area contributed by atoms with Gasteiger partial charge in [-0.3, -0.25) is 19.6 Å². The molecule has 0 aliphatic rings. The van der Waals surface area contributed by atoms with Crippen LogP contribution in [0.2, 0.25) is 0 Å². The van der Waals surface area contributed by atoms with E-state index in [1.807, 2.05) is 0 Å². The molecule has 0 aromatic heterocycles. The van der Waals surface area contributed by atoms with Crippen molar-refractivity contribution in [2.45, 2.75) is 0 Å². The maximum atomic E-state index is 8.74. The smallest absolute Gasteiger partial charge is 0.264 e. The van der Waals surface area contributed by atoms with Gasteiger partial charge in [-0.15, -0.1) is 0 Å². The van der Waals surface area contributed by atoms with E-state index in [1.54, 1.807) is 0 Å². The van der Waals surface area contributed by atoms with E-state index in [0.717, 1.165) is 0 Å². The molecule has 0 unspecified atom stereocenters. The second kappa shape index (κ2) is 7.53. The maximum absolute atomic E-state index is 8.74. The Kier molecular flexibility index (Phi) is 14.9. The van der Waals surface area contributed by atoms with Crippen LogP contribution in [0.5, 0.6) is 0 Å². The summed E-state index contributed by atoms with van der Waals surface area (Å²) in [5.41, 5.74) is 0. The number of hydrogen-bond donors (Lipinski definition) is 4. The molecule has 0 fully saturated rings. The Bertz CT molecular complexity index is 91.7. The molecule has 0 aliphatic carbocycles. The monoisotopic (exact) mass is 239 g/mol. The van der Waals surface area contributed by atoms with Gasteiger partial charge in [-0.2, -0.15) is 8.42 Å². The van der Waals surface area contributed by atoms with Crippen molar-refractivity contribution >= 4 is 10.4 Å². The molecule has 0 saturated carbocycles. The fourth-order valence-corrected chi connectivity index (χ4v) is 0. The van der Waals surface area contributed by atoms with Crippen LogP contribution in [0.3, 0.4) is 0 Å². The van der Waals surface area contributed by atoms with E-state index in [4.69, 9.17) is 28.0 Å². The Hall–Kier alpha value is 0.530. The Balaban J connectivity index is -0.0000000750. The molecule has 0 aliphatic heterocycles. The molecule has 0 bridgehead atoms. The molecule has 0 amide bonds. The molecule has 6 nitrogen and oxygen atoms in total. The summed E-state index contributed by atoms with van der Waals surface area (Å²) in [6, 6.07) is 0. The van der Waals surface area contributed by atoms with Crippen LogP contribution in [0.4, 0.5) is 0 Å². The Labute approximate surface area is 61.2 Å². The average Bonchev–Trinajstić information content (AvgIpc) is 1.36. The minimum atomic E-state index is -4.67. The zero-order chi connectivity index (χ0) is 6.50. The number of rotatable bonds is 0. The molecular weight excluding hydrogens is 236 g/mol. The van der Waals surface area contributed by atoms with Crippen molar-refractivity contribution < 1.29 is 50.4 Å². The van der Waals surface area contributed by atoms with Crippen LogP contribution in [-0.2, 0) is 32.8 Å². The van der Waals surface area contributed by atoms with Gasteiger partial charge in [0.05, 0.1) is 0 Å². The molecule has 0 aromatic rings. The summed E-state index contributed by atoms with van der Waals surface area (Å²) in [6.45, 7) is 0. The summed E-state index contributed by atoms with van der Waals surface area (Å²) in [5.74, 6) is 0. The van der Waals surface area contributed by atoms with Crippen molar-refractivity contribution in [1.29, 1.82) is 0 Å². The first-order valence-electron chi connectivity index (χ1n) is 0.898. The van der Waals surface area contributed by atoms with E-state index in [0.29, 0.717) is 0 Å². The quantitative estimate of drug-likeness (QED) is 0.194. The second-order valence-electron chi connectivity index (χ2n) is 0.448. The topological polar surface area (TPSA) is 115 Å². The summed E-state index contributed by atoms with van der Waals surface area (Å²) in [7, 11) is -4.67. The van der Waals surface area contributed by atoms with Crippen LogP contribution in [0.15, 0.2) is 0 Å². The van der Waals surface area contributed by atoms with Crippen LogP contribution in [-0.4, -0.2) is 28.0 Å². The average molecular weight is 240 g/mol. The summed E-state index contributed by atoms with van der Waals surface area (Å²) in [4.78, 5) is 0. The van der Waals surface area contributed by atoms with Gasteiger partial charge in [0.1, 0.15) is 0 Å². The molecule has 0 aromatic carbocycles. The largest absolute Gasteiger partial charge is 0.394 e. The van der Waals surface area contributed by atoms with Crippen molar-refractivity contribution in [3.05, 3.63) is 0 Å². The van der Waals surface area contributed by atoms with Gasteiger partial charge in [-0.05, 0) is 0 Å². The molecule has 8 heavy (non-hydrogen) atoms. The maximum Gasteiger partial charge on any atom is 0.394 e. The number of hydrogen-bond acceptors (Lipinski definition) is 4. The summed E-state index contributed by atoms with van der Waals surface area (Å²) in [6.07, 6.45) is 0. The van der Waals surface area contributed by atoms with Crippen LogP contribution in [0.1, 0.15) is 0 Å². The van der Waals surface area contributed by atoms with Crippen LogP contribution >= 0.6 is 0 Å². The summed E-state index contributed by atoms with van der Waals surface area (Å²) >= 11 is 0. The van der Waals surface area contributed by atoms with Crippen molar-refractivity contribution in [3.8, 4) is 0 Å². The van der Waals surface area contributed by atoms with E-state index in [2.05, 4.69) is 0 Å². The van der Waals surface area contributed by atoms with Gasteiger partial charge >= 0.3 is 10.4 Å². The van der Waals surface area contributed by atoms with Gasteiger partial charge in [0.15, 0.2) is 0 Å². The first kappa shape index (κ1) is 15.8. The minimum Gasteiger partial charge on any atom is -0.264 e. The molecule has 0 saturated heterocycles. The van der Waals surface area contributed by atoms with Crippen molar-refractivity contribution in [2.75, 3.05) is 0 Å². The SMILES string of the molecule is O=S(=O)(O)O.OO.[Ag]. The molecule has 0 rings (SSSR count). The van der Waals surface area contributed by atoms with Gasteiger partial charge in [0.25, 0.3) is 0 Å². The summed E-state index contributed by atoms with van der Waals surface area (Å²) in [5, 5.41) is 12.0. The summed E-state index contributed by atoms with van der Waals surface area (Å²) < 4.78 is 31.6. The van der Waals surface area contributed by atoms with Crippen molar-refractivity contribution in [1.82, 2.24) is 0 Å². The van der Waals surface area contributed by atoms with Gasteiger partial charge in [-0.25, -0.2) is 0 Å². The molecule has 57 valence electrons. The molecule has 0 spiro atoms. The van der Waals surface area contributed by atoms with Gasteiger partial charge in [-0.1, -0.05) is 0 Å². The van der Waals surface area contributed by atoms with E-state index in [1.165, 1.54) is 0 Å². The van der Waals surface area contributed by atoms with Gasteiger partial charge < -0.3 is 0 Å². The van der Waals surface area contributed by atoms with Crippen molar-refractivity contribution in [2.24, 2.45) is 0 Å². The standard InChI is InChI=1S/Ag.H2O4S.H2O2/c;1-5(2,3)4;1-2/h;(H2,1,2,3,4);1-2H. The van der Waals surface area contributed by atoms with Crippen LogP contribution < -0.4 is 0 Å². The molecule has 0 atom stereocenters. The Morgan fingerprint density at radius 3 is 1.00 bits per heavy atom. The van der Waals surface area contributed by atoms with Gasteiger partial charge in [0, 0.05) is 22.4 Å². The van der Waals surface area contributed by atoms with Crippen molar-refractivity contribution in [3.63, 3.8) is 0 Å². The first-order valence-corrected chi connectivity index (χ1v) is 2.30. The second-order valence-corrected chi connectivity index (χ2v) is 1.34. The predicted molar refractivity (Wildman–Crippen MR) is 19.4 cm³/mol. The van der Waals surface area contributed by atoms with E-state index in [9.17, 15) is 0 Å². The molecule has 8 heteroatoms. The van der Waals surface area contributed by atoms with Gasteiger partial charge in [0.2, 0.25) is 0 Å². The fourth-order valence-electron chi connectivity index (χ4n) is 0. The minimum absolute atomic E-state index is 0. The normalized spacial score (nSPS) is 8.00.